The average molecular weight is 445 g/mol. The number of nitro groups is 1. The van der Waals surface area contributed by atoms with Crippen LogP contribution in [0.1, 0.15) is 29.6 Å². The van der Waals surface area contributed by atoms with Crippen LogP contribution in [0.3, 0.4) is 0 Å². The average Bonchev–Trinajstić information content (AvgIpc) is 2.88. The summed E-state index contributed by atoms with van der Waals surface area (Å²) in [7, 11) is 0. The Hall–Kier alpha value is -3.61. The minimum absolute atomic E-state index is 0.0594. The third-order valence-electron chi connectivity index (χ3n) is 6.80. The third kappa shape index (κ3) is 4.23. The number of anilines is 2. The Labute approximate surface area is 193 Å². The highest BCUT2D eigenvalue weighted by molar-refractivity contribution is 6.07. The zero-order chi connectivity index (χ0) is 22.8. The van der Waals surface area contributed by atoms with Gasteiger partial charge in [0.15, 0.2) is 0 Å². The Morgan fingerprint density at radius 2 is 1.52 bits per heavy atom. The van der Waals surface area contributed by atoms with Crippen LogP contribution in [-0.2, 0) is 0 Å². The molecular formula is C26H28N4O3. The summed E-state index contributed by atoms with van der Waals surface area (Å²) >= 11 is 0. The lowest BCUT2D eigenvalue weighted by molar-refractivity contribution is -0.384. The van der Waals surface area contributed by atoms with Gasteiger partial charge in [-0.15, -0.1) is 0 Å². The molecule has 0 radical (unpaired) electrons. The number of rotatable bonds is 4. The normalized spacial score (nSPS) is 16.8. The van der Waals surface area contributed by atoms with Gasteiger partial charge in [0.05, 0.1) is 4.92 Å². The van der Waals surface area contributed by atoms with E-state index in [4.69, 9.17) is 0 Å². The molecule has 0 unspecified atom stereocenters. The van der Waals surface area contributed by atoms with Gasteiger partial charge in [0.2, 0.25) is 0 Å². The van der Waals surface area contributed by atoms with Crippen LogP contribution in [0.5, 0.6) is 0 Å². The fraction of sp³-hybridized carbons (Fsp3) is 0.346. The lowest BCUT2D eigenvalue weighted by Crippen LogP contribution is -2.48. The van der Waals surface area contributed by atoms with Crippen LogP contribution >= 0.6 is 0 Å². The molecular weight excluding hydrogens is 416 g/mol. The van der Waals surface area contributed by atoms with Crippen molar-refractivity contribution < 1.29 is 9.72 Å². The van der Waals surface area contributed by atoms with Gasteiger partial charge in [0.25, 0.3) is 11.6 Å². The molecule has 3 aromatic carbocycles. The third-order valence-corrected chi connectivity index (χ3v) is 6.80. The van der Waals surface area contributed by atoms with Crippen molar-refractivity contribution in [1.82, 2.24) is 4.90 Å². The molecule has 0 aromatic heterocycles. The van der Waals surface area contributed by atoms with Gasteiger partial charge in [-0.05, 0) is 48.2 Å². The summed E-state index contributed by atoms with van der Waals surface area (Å²) < 4.78 is 0. The van der Waals surface area contributed by atoms with Crippen molar-refractivity contribution in [3.05, 3.63) is 76.3 Å². The van der Waals surface area contributed by atoms with Gasteiger partial charge in [-0.25, -0.2) is 0 Å². The molecule has 2 aliphatic rings. The summed E-state index contributed by atoms with van der Waals surface area (Å²) in [5, 5.41) is 13.7. The maximum Gasteiger partial charge on any atom is 0.292 e. The molecule has 2 aliphatic heterocycles. The number of hydrogen-bond donors (Lipinski definition) is 0. The predicted molar refractivity (Wildman–Crippen MR) is 131 cm³/mol. The molecule has 2 fully saturated rings. The zero-order valence-electron chi connectivity index (χ0n) is 18.7. The molecule has 1 amide bonds. The van der Waals surface area contributed by atoms with E-state index in [1.54, 1.807) is 6.07 Å². The van der Waals surface area contributed by atoms with E-state index < -0.39 is 0 Å². The first-order valence-corrected chi connectivity index (χ1v) is 11.7. The predicted octanol–water partition coefficient (Wildman–Crippen LogP) is 4.70. The van der Waals surface area contributed by atoms with E-state index in [-0.39, 0.29) is 16.5 Å². The Kier molecular flexibility index (Phi) is 5.86. The van der Waals surface area contributed by atoms with Crippen molar-refractivity contribution in [2.75, 3.05) is 49.1 Å². The number of nitrogens with zero attached hydrogens (tertiary/aromatic N) is 4. The largest absolute Gasteiger partial charge is 0.368 e. The van der Waals surface area contributed by atoms with Gasteiger partial charge >= 0.3 is 0 Å². The molecule has 0 atom stereocenters. The summed E-state index contributed by atoms with van der Waals surface area (Å²) in [4.78, 5) is 30.9. The van der Waals surface area contributed by atoms with Crippen LogP contribution in [0, 0.1) is 10.1 Å². The van der Waals surface area contributed by atoms with Crippen molar-refractivity contribution >= 4 is 33.7 Å². The Morgan fingerprint density at radius 3 is 2.27 bits per heavy atom. The topological polar surface area (TPSA) is 69.9 Å². The first-order valence-electron chi connectivity index (χ1n) is 11.7. The molecule has 7 heteroatoms. The lowest BCUT2D eigenvalue weighted by Gasteiger charge is -2.37. The molecule has 33 heavy (non-hydrogen) atoms. The number of amides is 1. The number of carbonyl (C=O) groups is 1. The second-order valence-electron chi connectivity index (χ2n) is 8.78. The maximum absolute atomic E-state index is 13.3. The van der Waals surface area contributed by atoms with E-state index in [0.29, 0.717) is 31.9 Å². The van der Waals surface area contributed by atoms with Crippen LogP contribution in [-0.4, -0.2) is 55.0 Å². The fourth-order valence-corrected chi connectivity index (χ4v) is 5.00. The smallest absolute Gasteiger partial charge is 0.292 e. The van der Waals surface area contributed by atoms with Gasteiger partial charge in [-0.1, -0.05) is 36.4 Å². The van der Waals surface area contributed by atoms with Gasteiger partial charge in [0.1, 0.15) is 5.69 Å². The van der Waals surface area contributed by atoms with Crippen LogP contribution < -0.4 is 9.80 Å². The summed E-state index contributed by atoms with van der Waals surface area (Å²) in [5.41, 5.74) is 2.61. The fourth-order valence-electron chi connectivity index (χ4n) is 5.00. The van der Waals surface area contributed by atoms with Gasteiger partial charge in [0, 0.05) is 56.6 Å². The van der Waals surface area contributed by atoms with E-state index in [2.05, 4.69) is 9.80 Å². The minimum Gasteiger partial charge on any atom is -0.368 e. The lowest BCUT2D eigenvalue weighted by atomic mass is 10.0. The Bertz CT molecular complexity index is 1180. The van der Waals surface area contributed by atoms with Crippen LogP contribution in [0.15, 0.2) is 60.7 Å². The summed E-state index contributed by atoms with van der Waals surface area (Å²) in [6.45, 7) is 4.37. The van der Waals surface area contributed by atoms with E-state index >= 15 is 0 Å². The number of carbonyl (C=O) groups excluding carboxylic acids is 1. The highest BCUT2D eigenvalue weighted by Crippen LogP contribution is 2.34. The number of benzene rings is 3. The van der Waals surface area contributed by atoms with Crippen molar-refractivity contribution in [3.8, 4) is 0 Å². The highest BCUT2D eigenvalue weighted by atomic mass is 16.6. The standard InChI is InChI=1S/C26H28N4O3/c31-26(23-10-6-8-20-7-2-3-9-22(20)23)29-17-15-27(16-18-29)21-11-12-24(30(32)33)25(19-21)28-13-4-1-5-14-28/h2-3,6-12,19H,1,4-5,13-18H2. The molecule has 0 aliphatic carbocycles. The minimum atomic E-state index is -0.283. The van der Waals surface area contributed by atoms with E-state index in [9.17, 15) is 14.9 Å². The second-order valence-corrected chi connectivity index (χ2v) is 8.78. The van der Waals surface area contributed by atoms with Gasteiger partial charge in [-0.3, -0.25) is 14.9 Å². The van der Waals surface area contributed by atoms with Crippen LogP contribution in [0.4, 0.5) is 17.1 Å². The number of piperazine rings is 1. The van der Waals surface area contributed by atoms with Crippen molar-refractivity contribution in [3.63, 3.8) is 0 Å². The molecule has 2 heterocycles. The molecule has 0 spiro atoms. The van der Waals surface area contributed by atoms with Crippen molar-refractivity contribution in [1.29, 1.82) is 0 Å². The van der Waals surface area contributed by atoms with Gasteiger partial charge < -0.3 is 14.7 Å². The zero-order valence-corrected chi connectivity index (χ0v) is 18.7. The van der Waals surface area contributed by atoms with E-state index in [1.165, 1.54) is 6.42 Å². The molecule has 5 rings (SSSR count). The summed E-state index contributed by atoms with van der Waals surface area (Å²) in [6.07, 6.45) is 3.31. The Morgan fingerprint density at radius 1 is 0.788 bits per heavy atom. The second kappa shape index (κ2) is 9.10. The van der Waals surface area contributed by atoms with Crippen LogP contribution in [0.2, 0.25) is 0 Å². The van der Waals surface area contributed by atoms with E-state index in [0.717, 1.165) is 48.0 Å². The molecule has 170 valence electrons. The highest BCUT2D eigenvalue weighted by Gasteiger charge is 2.26. The van der Waals surface area contributed by atoms with E-state index in [1.807, 2.05) is 59.5 Å². The molecule has 0 saturated carbocycles. The number of hydrogen-bond acceptors (Lipinski definition) is 5. The molecule has 7 nitrogen and oxygen atoms in total. The number of fused-ring (bicyclic) bond motifs is 1. The Balaban J connectivity index is 1.32. The molecule has 2 saturated heterocycles. The summed E-state index contributed by atoms with van der Waals surface area (Å²) in [6, 6.07) is 19.3. The van der Waals surface area contributed by atoms with Crippen molar-refractivity contribution in [2.24, 2.45) is 0 Å². The molecule has 3 aromatic rings. The SMILES string of the molecule is O=C(c1cccc2ccccc12)N1CCN(c2ccc([N+](=O)[O-])c(N3CCCCC3)c2)CC1. The van der Waals surface area contributed by atoms with Crippen molar-refractivity contribution in [2.45, 2.75) is 19.3 Å². The first-order chi connectivity index (χ1) is 16.1. The monoisotopic (exact) mass is 444 g/mol. The summed E-state index contributed by atoms with van der Waals surface area (Å²) in [5.74, 6) is 0.0594. The molecule has 0 bridgehead atoms. The first kappa shape index (κ1) is 21.2. The quantitative estimate of drug-likeness (QED) is 0.431. The maximum atomic E-state index is 13.3. The van der Waals surface area contributed by atoms with Crippen LogP contribution in [0.25, 0.3) is 10.8 Å². The molecule has 0 N–H and O–H groups in total. The number of nitro benzene ring substituents is 1. The van der Waals surface area contributed by atoms with Gasteiger partial charge in [-0.2, -0.15) is 0 Å². The number of piperidine rings is 1.